The van der Waals surface area contributed by atoms with Crippen LogP contribution < -0.4 is 4.74 Å². The molecule has 0 spiro atoms. The molecule has 1 aromatic heterocycles. The van der Waals surface area contributed by atoms with Gasteiger partial charge in [0.05, 0.1) is 15.8 Å². The summed E-state index contributed by atoms with van der Waals surface area (Å²) in [7, 11) is 0. The van der Waals surface area contributed by atoms with E-state index in [1.807, 2.05) is 13.8 Å². The minimum absolute atomic E-state index is 0.0287. The maximum Gasteiger partial charge on any atom is 0.223 e. The van der Waals surface area contributed by atoms with Gasteiger partial charge in [-0.15, -0.1) is 11.3 Å². The molecule has 6 heteroatoms. The van der Waals surface area contributed by atoms with Crippen LogP contribution in [0.2, 0.25) is 0 Å². The number of amides is 1. The van der Waals surface area contributed by atoms with E-state index in [2.05, 4.69) is 0 Å². The fourth-order valence-electron chi connectivity index (χ4n) is 3.15. The number of likely N-dealkylation sites (tertiary alicyclic amines) is 1. The predicted octanol–water partition coefficient (Wildman–Crippen LogP) is 2.54. The van der Waals surface area contributed by atoms with Gasteiger partial charge >= 0.3 is 0 Å². The molecule has 2 atom stereocenters. The molecule has 1 saturated heterocycles. The molecule has 5 nitrogen and oxygen atoms in total. The van der Waals surface area contributed by atoms with Crippen LogP contribution in [-0.4, -0.2) is 39.9 Å². The zero-order chi connectivity index (χ0) is 16.1. The highest BCUT2D eigenvalue weighted by molar-refractivity contribution is 7.14. The number of hydrogen-bond acceptors (Lipinski definition) is 5. The maximum absolute atomic E-state index is 12.3. The molecule has 0 saturated carbocycles. The van der Waals surface area contributed by atoms with Crippen LogP contribution in [0.4, 0.5) is 0 Å². The van der Waals surface area contributed by atoms with Gasteiger partial charge in [-0.05, 0) is 33.6 Å². The molecule has 22 heavy (non-hydrogen) atoms. The second-order valence-electron chi connectivity index (χ2n) is 6.53. The summed E-state index contributed by atoms with van der Waals surface area (Å²) < 4.78 is 5.89. The topological polar surface area (TPSA) is 66.8 Å². The van der Waals surface area contributed by atoms with E-state index in [1.165, 1.54) is 18.3 Å². The monoisotopic (exact) mass is 323 g/mol. The Hall–Kier alpha value is -1.40. The first-order valence-electron chi connectivity index (χ1n) is 7.62. The van der Waals surface area contributed by atoms with Crippen molar-refractivity contribution in [2.24, 2.45) is 0 Å². The smallest absolute Gasteiger partial charge is 0.223 e. The number of nitrogens with zero attached hydrogens (tertiary/aromatic N) is 1. The van der Waals surface area contributed by atoms with Crippen molar-refractivity contribution in [2.75, 3.05) is 6.54 Å². The third kappa shape index (κ3) is 2.44. The summed E-state index contributed by atoms with van der Waals surface area (Å²) in [4.78, 5) is 27.1. The normalized spacial score (nSPS) is 27.3. The van der Waals surface area contributed by atoms with Crippen LogP contribution in [-0.2, 0) is 4.79 Å². The van der Waals surface area contributed by atoms with Gasteiger partial charge in [-0.2, -0.15) is 0 Å². The lowest BCUT2D eigenvalue weighted by atomic mass is 9.88. The SMILES string of the molecule is CC(=O)c1cc2c(s1)[C@@H](N1CCCCC1=O)[C@H](O)C(C)(C)O2. The van der Waals surface area contributed by atoms with Crippen LogP contribution in [0.1, 0.15) is 60.6 Å². The lowest BCUT2D eigenvalue weighted by Gasteiger charge is -2.46. The fourth-order valence-corrected chi connectivity index (χ4v) is 4.27. The van der Waals surface area contributed by atoms with Gasteiger partial charge in [0.2, 0.25) is 5.91 Å². The first-order valence-corrected chi connectivity index (χ1v) is 8.44. The average Bonchev–Trinajstić information content (AvgIpc) is 2.84. The molecule has 120 valence electrons. The number of carbonyl (C=O) groups is 2. The molecule has 1 amide bonds. The quantitative estimate of drug-likeness (QED) is 0.849. The number of aliphatic hydroxyl groups excluding tert-OH is 1. The molecule has 1 N–H and O–H groups in total. The van der Waals surface area contributed by atoms with E-state index in [9.17, 15) is 14.7 Å². The van der Waals surface area contributed by atoms with Gasteiger partial charge in [0.1, 0.15) is 17.5 Å². The van der Waals surface area contributed by atoms with Crippen LogP contribution in [0.3, 0.4) is 0 Å². The Morgan fingerprint density at radius 2 is 2.18 bits per heavy atom. The third-order valence-corrected chi connectivity index (χ3v) is 5.71. The molecule has 0 aliphatic carbocycles. The minimum atomic E-state index is -0.819. The van der Waals surface area contributed by atoms with E-state index >= 15 is 0 Å². The molecule has 2 aliphatic rings. The van der Waals surface area contributed by atoms with Crippen LogP contribution >= 0.6 is 11.3 Å². The molecule has 3 rings (SSSR count). The molecule has 2 aliphatic heterocycles. The van der Waals surface area contributed by atoms with Gasteiger partial charge in [0.15, 0.2) is 5.78 Å². The number of Topliss-reactive ketones (excluding diaryl/α,β-unsaturated/α-hetero) is 1. The number of piperidine rings is 1. The second-order valence-corrected chi connectivity index (χ2v) is 7.62. The zero-order valence-corrected chi connectivity index (χ0v) is 13.9. The Kier molecular flexibility index (Phi) is 3.77. The molecular weight excluding hydrogens is 302 g/mol. The number of ketones is 1. The molecule has 0 aromatic carbocycles. The number of thiophene rings is 1. The van der Waals surface area contributed by atoms with Crippen molar-refractivity contribution in [1.82, 2.24) is 4.90 Å². The van der Waals surface area contributed by atoms with E-state index in [0.29, 0.717) is 23.6 Å². The van der Waals surface area contributed by atoms with Crippen LogP contribution in [0.25, 0.3) is 0 Å². The van der Waals surface area contributed by atoms with E-state index < -0.39 is 17.7 Å². The molecule has 1 fully saturated rings. The Balaban J connectivity index is 2.07. The van der Waals surface area contributed by atoms with Gasteiger partial charge in [-0.3, -0.25) is 9.59 Å². The van der Waals surface area contributed by atoms with Crippen molar-refractivity contribution in [1.29, 1.82) is 0 Å². The highest BCUT2D eigenvalue weighted by Gasteiger charge is 2.48. The van der Waals surface area contributed by atoms with Crippen LogP contribution in [0.15, 0.2) is 6.07 Å². The number of fused-ring (bicyclic) bond motifs is 1. The highest BCUT2D eigenvalue weighted by Crippen LogP contribution is 2.48. The van der Waals surface area contributed by atoms with Crippen LogP contribution in [0.5, 0.6) is 5.75 Å². The lowest BCUT2D eigenvalue weighted by Crippen LogP contribution is -2.55. The fraction of sp³-hybridized carbons (Fsp3) is 0.625. The van der Waals surface area contributed by atoms with Crippen molar-refractivity contribution in [3.8, 4) is 5.75 Å². The summed E-state index contributed by atoms with van der Waals surface area (Å²) in [6.45, 7) is 5.78. The Morgan fingerprint density at radius 1 is 1.45 bits per heavy atom. The van der Waals surface area contributed by atoms with Crippen molar-refractivity contribution in [3.05, 3.63) is 15.8 Å². The number of hydrogen-bond donors (Lipinski definition) is 1. The largest absolute Gasteiger partial charge is 0.484 e. The first-order chi connectivity index (χ1) is 10.3. The summed E-state index contributed by atoms with van der Waals surface area (Å²) in [5.74, 6) is 0.657. The molecule has 0 radical (unpaired) electrons. The summed E-state index contributed by atoms with van der Waals surface area (Å²) in [6, 6.07) is 1.31. The van der Waals surface area contributed by atoms with E-state index in [-0.39, 0.29) is 11.7 Å². The van der Waals surface area contributed by atoms with Gasteiger partial charge in [-0.1, -0.05) is 0 Å². The Labute approximate surface area is 133 Å². The average molecular weight is 323 g/mol. The maximum atomic E-state index is 12.3. The molecule has 1 aromatic rings. The minimum Gasteiger partial charge on any atom is -0.484 e. The van der Waals surface area contributed by atoms with Gasteiger partial charge in [0, 0.05) is 19.0 Å². The van der Waals surface area contributed by atoms with Gasteiger partial charge in [0.25, 0.3) is 0 Å². The number of rotatable bonds is 2. The molecular formula is C16H21NO4S. The van der Waals surface area contributed by atoms with E-state index in [1.54, 1.807) is 11.0 Å². The van der Waals surface area contributed by atoms with Gasteiger partial charge in [-0.25, -0.2) is 0 Å². The van der Waals surface area contributed by atoms with Crippen molar-refractivity contribution in [3.63, 3.8) is 0 Å². The molecule has 0 unspecified atom stereocenters. The summed E-state index contributed by atoms with van der Waals surface area (Å²) in [5, 5.41) is 10.8. The predicted molar refractivity (Wildman–Crippen MR) is 83.3 cm³/mol. The standard InChI is InChI=1S/C16H21NO4S/c1-9(18)11-8-10-14(22-11)13(15(20)16(2,3)21-10)17-7-5-4-6-12(17)19/h8,13,15,20H,4-7H2,1-3H3/t13-,15+/m1/s1. The second kappa shape index (κ2) is 5.35. The molecule has 0 bridgehead atoms. The third-order valence-electron chi connectivity index (χ3n) is 4.42. The lowest BCUT2D eigenvalue weighted by molar-refractivity contribution is -0.146. The zero-order valence-electron chi connectivity index (χ0n) is 13.1. The van der Waals surface area contributed by atoms with Crippen molar-refractivity contribution < 1.29 is 19.4 Å². The number of aliphatic hydroxyl groups is 1. The number of ether oxygens (including phenoxy) is 1. The van der Waals surface area contributed by atoms with Crippen molar-refractivity contribution in [2.45, 2.75) is 57.8 Å². The van der Waals surface area contributed by atoms with E-state index in [0.717, 1.165) is 17.7 Å². The number of carbonyl (C=O) groups excluding carboxylic acids is 2. The van der Waals surface area contributed by atoms with Gasteiger partial charge < -0.3 is 14.7 Å². The van der Waals surface area contributed by atoms with E-state index in [4.69, 9.17) is 4.74 Å². The summed E-state index contributed by atoms with van der Waals surface area (Å²) in [5.41, 5.74) is -0.801. The Morgan fingerprint density at radius 3 is 2.82 bits per heavy atom. The highest BCUT2D eigenvalue weighted by atomic mass is 32.1. The van der Waals surface area contributed by atoms with Crippen molar-refractivity contribution >= 4 is 23.0 Å². The summed E-state index contributed by atoms with van der Waals surface area (Å²) in [6.07, 6.45) is 1.54. The summed E-state index contributed by atoms with van der Waals surface area (Å²) >= 11 is 1.32. The first kappa shape index (κ1) is 15.5. The molecule has 3 heterocycles. The van der Waals surface area contributed by atoms with Crippen LogP contribution in [0, 0.1) is 0 Å². The Bertz CT molecular complexity index is 622.